The van der Waals surface area contributed by atoms with Gasteiger partial charge in [0.2, 0.25) is 11.8 Å². The summed E-state index contributed by atoms with van der Waals surface area (Å²) in [6, 6.07) is 19.6. The van der Waals surface area contributed by atoms with Crippen LogP contribution in [0.1, 0.15) is 33.9 Å². The average molecular weight is 534 g/mol. The molecule has 7 rings (SSSR count). The summed E-state index contributed by atoms with van der Waals surface area (Å²) in [5, 5.41) is 2.49. The van der Waals surface area contributed by atoms with Gasteiger partial charge in [-0.25, -0.2) is 9.78 Å². The molecule has 2 aromatic carbocycles. The van der Waals surface area contributed by atoms with Crippen LogP contribution in [0, 0.1) is 12.3 Å². The molecule has 1 spiro atoms. The van der Waals surface area contributed by atoms with E-state index in [-0.39, 0.29) is 18.5 Å². The lowest BCUT2D eigenvalue weighted by atomic mass is 9.65. The Hall–Kier alpha value is -4.79. The maximum Gasteiger partial charge on any atom is 0.330 e. The number of urea groups is 1. The molecule has 3 aliphatic rings. The van der Waals surface area contributed by atoms with Crippen LogP contribution in [0.3, 0.4) is 0 Å². The molecule has 200 valence electrons. The van der Waals surface area contributed by atoms with Gasteiger partial charge in [0.1, 0.15) is 11.5 Å². The monoisotopic (exact) mass is 533 g/mol. The smallest absolute Gasteiger partial charge is 0.330 e. The first-order valence-corrected chi connectivity index (χ1v) is 13.5. The molecule has 40 heavy (non-hydrogen) atoms. The highest BCUT2D eigenvalue weighted by molar-refractivity contribution is 6.20. The van der Waals surface area contributed by atoms with Gasteiger partial charge in [0.05, 0.1) is 11.6 Å². The van der Waals surface area contributed by atoms with Gasteiger partial charge in [-0.1, -0.05) is 60.7 Å². The van der Waals surface area contributed by atoms with Gasteiger partial charge in [0.15, 0.2) is 5.41 Å². The molecule has 3 aliphatic heterocycles. The Morgan fingerprint density at radius 2 is 1.75 bits per heavy atom. The van der Waals surface area contributed by atoms with E-state index in [4.69, 9.17) is 4.98 Å². The van der Waals surface area contributed by atoms with Gasteiger partial charge in [-0.3, -0.25) is 29.0 Å². The number of aromatic nitrogens is 2. The summed E-state index contributed by atoms with van der Waals surface area (Å²) in [6.45, 7) is 2.48. The molecule has 0 radical (unpaired) electrons. The lowest BCUT2D eigenvalue weighted by Gasteiger charge is -2.53. The molecule has 4 amide bonds. The number of amides is 4. The van der Waals surface area contributed by atoms with Gasteiger partial charge >= 0.3 is 6.03 Å². The van der Waals surface area contributed by atoms with Crippen molar-refractivity contribution in [2.45, 2.75) is 32.2 Å². The number of fused-ring (bicyclic) bond motifs is 7. The van der Waals surface area contributed by atoms with Gasteiger partial charge in [0.25, 0.3) is 5.56 Å². The summed E-state index contributed by atoms with van der Waals surface area (Å²) in [5.41, 5.74) is 2.51. The number of carbonyl (C=O) groups is 3. The molecule has 9 nitrogen and oxygen atoms in total. The second-order valence-electron chi connectivity index (χ2n) is 10.7. The van der Waals surface area contributed by atoms with E-state index >= 15 is 0 Å². The van der Waals surface area contributed by atoms with Gasteiger partial charge < -0.3 is 4.90 Å². The number of benzene rings is 2. The van der Waals surface area contributed by atoms with Crippen LogP contribution in [0.25, 0.3) is 5.65 Å². The second kappa shape index (κ2) is 8.87. The van der Waals surface area contributed by atoms with Crippen molar-refractivity contribution < 1.29 is 14.4 Å². The number of nitrogens with one attached hydrogen (secondary N) is 1. The molecule has 0 aliphatic carbocycles. The fraction of sp³-hybridized carbons (Fsp3) is 0.258. The largest absolute Gasteiger partial charge is 0.347 e. The summed E-state index contributed by atoms with van der Waals surface area (Å²) >= 11 is 0. The Labute approximate surface area is 230 Å². The summed E-state index contributed by atoms with van der Waals surface area (Å²) in [4.78, 5) is 63.5. The number of imide groups is 2. The van der Waals surface area contributed by atoms with Crippen LogP contribution in [-0.4, -0.2) is 45.2 Å². The number of rotatable bonds is 3. The molecular weight excluding hydrogens is 506 g/mol. The molecule has 1 saturated heterocycles. The second-order valence-corrected chi connectivity index (χ2v) is 10.7. The SMILES string of the molecule is Cc1cccn2c(=O)c3c(nc12)N1CCc2ccccc2[C@H]1[C@]1(C3)C(=O)NC(=O)N(CCc2ccccc2)C1=O. The van der Waals surface area contributed by atoms with Crippen LogP contribution in [0.5, 0.6) is 0 Å². The molecule has 1 N–H and O–H groups in total. The fourth-order valence-corrected chi connectivity index (χ4v) is 6.61. The lowest BCUT2D eigenvalue weighted by molar-refractivity contribution is -0.154. The van der Waals surface area contributed by atoms with Gasteiger partial charge in [-0.2, -0.15) is 0 Å². The summed E-state index contributed by atoms with van der Waals surface area (Å²) in [7, 11) is 0. The topological polar surface area (TPSA) is 104 Å². The number of pyridine rings is 1. The number of nitrogens with zero attached hydrogens (tertiary/aromatic N) is 4. The van der Waals surface area contributed by atoms with Crippen molar-refractivity contribution in [1.29, 1.82) is 0 Å². The number of hydrogen-bond acceptors (Lipinski definition) is 6. The normalized spacial score (nSPS) is 21.7. The minimum Gasteiger partial charge on any atom is -0.347 e. The lowest BCUT2D eigenvalue weighted by Crippen LogP contribution is -2.70. The molecule has 0 unspecified atom stereocenters. The first-order valence-electron chi connectivity index (χ1n) is 13.5. The molecule has 2 atom stereocenters. The third-order valence-electron chi connectivity index (χ3n) is 8.56. The van der Waals surface area contributed by atoms with Gasteiger partial charge in [-0.05, 0) is 48.1 Å². The first kappa shape index (κ1) is 24.3. The van der Waals surface area contributed by atoms with Crippen LogP contribution < -0.4 is 15.8 Å². The molecule has 2 aromatic heterocycles. The Morgan fingerprint density at radius 3 is 2.58 bits per heavy atom. The minimum atomic E-state index is -1.72. The molecule has 9 heteroatoms. The maximum absolute atomic E-state index is 14.5. The summed E-state index contributed by atoms with van der Waals surface area (Å²) < 4.78 is 1.48. The Bertz CT molecular complexity index is 1780. The van der Waals surface area contributed by atoms with Crippen molar-refractivity contribution in [3.8, 4) is 0 Å². The average Bonchev–Trinajstić information content (AvgIpc) is 2.97. The molecule has 0 saturated carbocycles. The molecule has 0 bridgehead atoms. The third kappa shape index (κ3) is 3.36. The van der Waals surface area contributed by atoms with Crippen LogP contribution in [0.2, 0.25) is 0 Å². The third-order valence-corrected chi connectivity index (χ3v) is 8.56. The Morgan fingerprint density at radius 1 is 0.975 bits per heavy atom. The van der Waals surface area contributed by atoms with Gasteiger partial charge in [0, 0.05) is 25.7 Å². The first-order chi connectivity index (χ1) is 19.4. The van der Waals surface area contributed by atoms with Crippen molar-refractivity contribution in [3.63, 3.8) is 0 Å². The molecule has 4 aromatic rings. The zero-order chi connectivity index (χ0) is 27.6. The predicted molar refractivity (Wildman–Crippen MR) is 148 cm³/mol. The number of hydrogen-bond donors (Lipinski definition) is 1. The number of barbiturate groups is 1. The van der Waals surface area contributed by atoms with E-state index < -0.39 is 29.3 Å². The summed E-state index contributed by atoms with van der Waals surface area (Å²) in [5.74, 6) is -0.759. The maximum atomic E-state index is 14.5. The van der Waals surface area contributed by atoms with Crippen LogP contribution in [0.4, 0.5) is 10.6 Å². The molecular formula is C31H27N5O4. The van der Waals surface area contributed by atoms with E-state index in [0.29, 0.717) is 36.4 Å². The van der Waals surface area contributed by atoms with E-state index in [1.165, 1.54) is 4.40 Å². The van der Waals surface area contributed by atoms with Crippen molar-refractivity contribution in [2.24, 2.45) is 5.41 Å². The van der Waals surface area contributed by atoms with E-state index in [1.807, 2.05) is 72.5 Å². The number of aryl methyl sites for hydroxylation is 1. The zero-order valence-electron chi connectivity index (χ0n) is 22.0. The minimum absolute atomic E-state index is 0.110. The van der Waals surface area contributed by atoms with Crippen LogP contribution >= 0.6 is 0 Å². The van der Waals surface area contributed by atoms with Gasteiger partial charge in [-0.15, -0.1) is 0 Å². The van der Waals surface area contributed by atoms with Crippen LogP contribution in [-0.2, 0) is 28.9 Å². The van der Waals surface area contributed by atoms with E-state index in [1.54, 1.807) is 12.3 Å². The van der Waals surface area contributed by atoms with Crippen molar-refractivity contribution in [3.05, 3.63) is 111 Å². The van der Waals surface area contributed by atoms with Crippen LogP contribution in [0.15, 0.2) is 77.7 Å². The van der Waals surface area contributed by atoms with E-state index in [9.17, 15) is 19.2 Å². The van der Waals surface area contributed by atoms with Crippen molar-refractivity contribution in [2.75, 3.05) is 18.0 Å². The van der Waals surface area contributed by atoms with E-state index in [2.05, 4.69) is 5.32 Å². The Kier molecular flexibility index (Phi) is 5.38. The predicted octanol–water partition coefficient (Wildman–Crippen LogP) is 2.97. The standard InChI is InChI=1S/C31H27N5O4/c1-19-8-7-15-35-25(19)32-26-23(27(35)37)18-31(24-22-12-6-5-11-21(22)14-17-34(24)26)28(38)33-30(40)36(29(31)39)16-13-20-9-3-2-4-10-20/h2-12,15,24H,13-14,16-18H2,1H3,(H,33,38,40)/t24-,31+/m0/s1. The zero-order valence-corrected chi connectivity index (χ0v) is 22.0. The molecule has 5 heterocycles. The highest BCUT2D eigenvalue weighted by Gasteiger charge is 2.64. The van der Waals surface area contributed by atoms with Crippen molar-refractivity contribution in [1.82, 2.24) is 19.6 Å². The quantitative estimate of drug-likeness (QED) is 0.406. The highest BCUT2D eigenvalue weighted by Crippen LogP contribution is 2.52. The van der Waals surface area contributed by atoms with E-state index in [0.717, 1.165) is 27.2 Å². The fourth-order valence-electron chi connectivity index (χ4n) is 6.61. The number of carbonyl (C=O) groups excluding carboxylic acids is 3. The molecule has 1 fully saturated rings. The number of anilines is 1. The summed E-state index contributed by atoms with van der Waals surface area (Å²) in [6.07, 6.45) is 2.62. The van der Waals surface area contributed by atoms with Crippen molar-refractivity contribution >= 4 is 29.3 Å². The highest BCUT2D eigenvalue weighted by atomic mass is 16.2. The Balaban J connectivity index is 1.43.